The maximum absolute atomic E-state index is 12.7. The van der Waals surface area contributed by atoms with Gasteiger partial charge in [-0.15, -0.1) is 5.10 Å². The van der Waals surface area contributed by atoms with Crippen LogP contribution in [0.4, 0.5) is 5.69 Å². The molecule has 0 unspecified atom stereocenters. The predicted octanol–water partition coefficient (Wildman–Crippen LogP) is 3.50. The van der Waals surface area contributed by atoms with Crippen LogP contribution in [0, 0.1) is 0 Å². The summed E-state index contributed by atoms with van der Waals surface area (Å²) in [6.07, 6.45) is 3.82. The van der Waals surface area contributed by atoms with E-state index in [1.54, 1.807) is 24.3 Å². The van der Waals surface area contributed by atoms with E-state index in [1.165, 1.54) is 7.11 Å². The Morgan fingerprint density at radius 3 is 2.90 bits per heavy atom. The Hall–Kier alpha value is -3.68. The minimum absolute atomic E-state index is 0.252. The van der Waals surface area contributed by atoms with Crippen LogP contribution in [0.3, 0.4) is 0 Å². The van der Waals surface area contributed by atoms with E-state index in [9.17, 15) is 4.79 Å². The highest BCUT2D eigenvalue weighted by Gasteiger charge is 2.28. The number of rotatable bonds is 8. The molecule has 0 saturated heterocycles. The minimum atomic E-state index is -0.252. The number of hydrogen-bond acceptors (Lipinski definition) is 6. The molecule has 1 aromatic heterocycles. The molecule has 4 rings (SSSR count). The van der Waals surface area contributed by atoms with Gasteiger partial charge in [0.25, 0.3) is 5.91 Å². The van der Waals surface area contributed by atoms with Gasteiger partial charge in [-0.3, -0.25) is 4.79 Å². The second-order valence-corrected chi connectivity index (χ2v) is 6.68. The number of carbonyl (C=O) groups is 1. The van der Waals surface area contributed by atoms with E-state index in [0.717, 1.165) is 18.4 Å². The number of ether oxygens (including phenoxy) is 2. The second-order valence-electron chi connectivity index (χ2n) is 6.68. The number of hydrogen-bond donors (Lipinski definition) is 1. The monoisotopic (exact) mass is 391 g/mol. The molecule has 1 fully saturated rings. The van der Waals surface area contributed by atoms with Crippen LogP contribution in [-0.2, 0) is 0 Å². The average Bonchev–Trinajstić information content (AvgIpc) is 3.48. The van der Waals surface area contributed by atoms with Crippen LogP contribution in [0.1, 0.15) is 29.2 Å². The first-order chi connectivity index (χ1) is 14.2. The SMILES string of the molecule is C=CCOc1ccc(C(=O)Nc2cccc(-c3nnnn3C3CC3)c2)cc1OC. The molecule has 1 aliphatic carbocycles. The van der Waals surface area contributed by atoms with Crippen molar-refractivity contribution in [2.45, 2.75) is 18.9 Å². The number of benzene rings is 2. The Morgan fingerprint density at radius 1 is 1.28 bits per heavy atom. The van der Waals surface area contributed by atoms with Crippen LogP contribution in [0.5, 0.6) is 11.5 Å². The molecule has 2 aromatic carbocycles. The maximum atomic E-state index is 12.7. The molecule has 29 heavy (non-hydrogen) atoms. The van der Waals surface area contributed by atoms with Crippen molar-refractivity contribution in [3.63, 3.8) is 0 Å². The van der Waals surface area contributed by atoms with Crippen LogP contribution >= 0.6 is 0 Å². The lowest BCUT2D eigenvalue weighted by Crippen LogP contribution is -2.12. The summed E-state index contributed by atoms with van der Waals surface area (Å²) >= 11 is 0. The van der Waals surface area contributed by atoms with Crippen molar-refractivity contribution < 1.29 is 14.3 Å². The third kappa shape index (κ3) is 4.11. The fraction of sp³-hybridized carbons (Fsp3) is 0.238. The normalized spacial score (nSPS) is 13.0. The summed E-state index contributed by atoms with van der Waals surface area (Å²) < 4.78 is 12.7. The topological polar surface area (TPSA) is 91.2 Å². The second kappa shape index (κ2) is 8.14. The molecule has 0 spiro atoms. The standard InChI is InChI=1S/C21H21N5O3/c1-3-11-29-18-10-7-15(13-19(18)28-2)21(27)22-16-6-4-5-14(12-16)20-23-24-25-26(20)17-8-9-17/h3-7,10,12-13,17H,1,8-9,11H2,2H3,(H,22,27). The number of tetrazole rings is 1. The number of carbonyl (C=O) groups excluding carboxylic acids is 1. The van der Waals surface area contributed by atoms with E-state index in [2.05, 4.69) is 27.4 Å². The van der Waals surface area contributed by atoms with E-state index in [0.29, 0.717) is 41.2 Å². The number of methoxy groups -OCH3 is 1. The summed E-state index contributed by atoms with van der Waals surface area (Å²) in [5.74, 6) is 1.49. The van der Waals surface area contributed by atoms with Crippen LogP contribution in [-0.4, -0.2) is 39.8 Å². The summed E-state index contributed by atoms with van der Waals surface area (Å²) in [6.45, 7) is 3.98. The van der Waals surface area contributed by atoms with E-state index in [-0.39, 0.29) is 5.91 Å². The largest absolute Gasteiger partial charge is 0.493 e. The third-order valence-corrected chi connectivity index (χ3v) is 4.55. The van der Waals surface area contributed by atoms with Gasteiger partial charge in [0, 0.05) is 16.8 Å². The van der Waals surface area contributed by atoms with Crippen LogP contribution in [0.15, 0.2) is 55.1 Å². The molecule has 1 N–H and O–H groups in total. The first kappa shape index (κ1) is 18.7. The molecular weight excluding hydrogens is 370 g/mol. The molecule has 148 valence electrons. The van der Waals surface area contributed by atoms with Crippen molar-refractivity contribution in [1.29, 1.82) is 0 Å². The van der Waals surface area contributed by atoms with E-state index < -0.39 is 0 Å². The van der Waals surface area contributed by atoms with Crippen molar-refractivity contribution in [3.8, 4) is 22.9 Å². The van der Waals surface area contributed by atoms with Crippen molar-refractivity contribution in [2.75, 3.05) is 19.0 Å². The lowest BCUT2D eigenvalue weighted by atomic mass is 10.1. The van der Waals surface area contributed by atoms with Crippen molar-refractivity contribution in [2.24, 2.45) is 0 Å². The molecule has 1 aliphatic rings. The van der Waals surface area contributed by atoms with E-state index >= 15 is 0 Å². The summed E-state index contributed by atoms with van der Waals surface area (Å²) in [5.41, 5.74) is 1.97. The number of nitrogens with one attached hydrogen (secondary N) is 1. The van der Waals surface area contributed by atoms with Gasteiger partial charge in [0.05, 0.1) is 13.2 Å². The highest BCUT2D eigenvalue weighted by atomic mass is 16.5. The Balaban J connectivity index is 1.53. The zero-order valence-electron chi connectivity index (χ0n) is 16.0. The number of aromatic nitrogens is 4. The number of anilines is 1. The fourth-order valence-electron chi connectivity index (χ4n) is 2.96. The Labute approximate surface area is 168 Å². The molecule has 0 radical (unpaired) electrons. The van der Waals surface area contributed by atoms with Gasteiger partial charge in [0.15, 0.2) is 17.3 Å². The summed E-state index contributed by atoms with van der Waals surface area (Å²) in [7, 11) is 1.53. The summed E-state index contributed by atoms with van der Waals surface area (Å²) in [4.78, 5) is 12.7. The molecule has 3 aromatic rings. The molecule has 0 bridgehead atoms. The van der Waals surface area contributed by atoms with Gasteiger partial charge in [-0.2, -0.15) is 0 Å². The Bertz CT molecular complexity index is 1040. The van der Waals surface area contributed by atoms with Gasteiger partial charge in [0.1, 0.15) is 6.61 Å². The van der Waals surface area contributed by atoms with Crippen LogP contribution in [0.2, 0.25) is 0 Å². The molecule has 1 amide bonds. The Kier molecular flexibility index (Phi) is 5.24. The molecule has 1 saturated carbocycles. The van der Waals surface area contributed by atoms with Gasteiger partial charge in [-0.05, 0) is 53.6 Å². The van der Waals surface area contributed by atoms with Gasteiger partial charge >= 0.3 is 0 Å². The first-order valence-corrected chi connectivity index (χ1v) is 9.31. The van der Waals surface area contributed by atoms with Crippen molar-refractivity contribution in [1.82, 2.24) is 20.2 Å². The zero-order valence-corrected chi connectivity index (χ0v) is 16.0. The quantitative estimate of drug-likeness (QED) is 0.591. The number of nitrogens with zero attached hydrogens (tertiary/aromatic N) is 4. The molecule has 1 heterocycles. The highest BCUT2D eigenvalue weighted by molar-refractivity contribution is 6.04. The number of amides is 1. The van der Waals surface area contributed by atoms with Crippen molar-refractivity contribution in [3.05, 3.63) is 60.7 Å². The molecule has 8 nitrogen and oxygen atoms in total. The molecule has 0 atom stereocenters. The first-order valence-electron chi connectivity index (χ1n) is 9.31. The van der Waals surface area contributed by atoms with E-state index in [1.807, 2.05) is 28.9 Å². The maximum Gasteiger partial charge on any atom is 0.255 e. The molecule has 8 heteroatoms. The Morgan fingerprint density at radius 2 is 2.14 bits per heavy atom. The zero-order chi connectivity index (χ0) is 20.2. The molecular formula is C21H21N5O3. The predicted molar refractivity (Wildman–Crippen MR) is 108 cm³/mol. The van der Waals surface area contributed by atoms with E-state index in [4.69, 9.17) is 9.47 Å². The van der Waals surface area contributed by atoms with Gasteiger partial charge < -0.3 is 14.8 Å². The fourth-order valence-corrected chi connectivity index (χ4v) is 2.96. The van der Waals surface area contributed by atoms with Gasteiger partial charge in [0.2, 0.25) is 0 Å². The lowest BCUT2D eigenvalue weighted by molar-refractivity contribution is 0.102. The van der Waals surface area contributed by atoms with Crippen molar-refractivity contribution >= 4 is 11.6 Å². The van der Waals surface area contributed by atoms with Crippen LogP contribution in [0.25, 0.3) is 11.4 Å². The molecule has 0 aliphatic heterocycles. The van der Waals surface area contributed by atoms with Crippen LogP contribution < -0.4 is 14.8 Å². The highest BCUT2D eigenvalue weighted by Crippen LogP contribution is 2.37. The lowest BCUT2D eigenvalue weighted by Gasteiger charge is -2.12. The van der Waals surface area contributed by atoms with Gasteiger partial charge in [-0.1, -0.05) is 24.8 Å². The third-order valence-electron chi connectivity index (χ3n) is 4.55. The summed E-state index contributed by atoms with van der Waals surface area (Å²) in [5, 5.41) is 14.9. The summed E-state index contributed by atoms with van der Waals surface area (Å²) in [6, 6.07) is 12.9. The smallest absolute Gasteiger partial charge is 0.255 e. The average molecular weight is 391 g/mol. The minimum Gasteiger partial charge on any atom is -0.493 e. The van der Waals surface area contributed by atoms with Gasteiger partial charge in [-0.25, -0.2) is 4.68 Å².